The Morgan fingerprint density at radius 2 is 1.70 bits per heavy atom. The molecule has 2 nitrogen and oxygen atoms in total. The van der Waals surface area contributed by atoms with Gasteiger partial charge in [-0.15, -0.1) is 0 Å². The third-order valence-electron chi connectivity index (χ3n) is 3.46. The van der Waals surface area contributed by atoms with E-state index < -0.39 is 5.54 Å². The van der Waals surface area contributed by atoms with Crippen molar-refractivity contribution in [2.45, 2.75) is 26.3 Å². The zero-order chi connectivity index (χ0) is 14.8. The molecule has 0 saturated carbocycles. The van der Waals surface area contributed by atoms with Gasteiger partial charge in [-0.2, -0.15) is 0 Å². The summed E-state index contributed by atoms with van der Waals surface area (Å²) in [6.45, 7) is 6.19. The summed E-state index contributed by atoms with van der Waals surface area (Å²) in [5.74, 6) is 0. The highest BCUT2D eigenvalue weighted by atomic mass is 79.9. The average Bonchev–Trinajstić information content (AvgIpc) is 2.40. The van der Waals surface area contributed by atoms with Crippen molar-refractivity contribution >= 4 is 21.6 Å². The summed E-state index contributed by atoms with van der Waals surface area (Å²) in [5, 5.41) is 13.3. The maximum Gasteiger partial charge on any atom is 0.0828 e. The van der Waals surface area contributed by atoms with E-state index in [0.29, 0.717) is 0 Å². The Balaban J connectivity index is 2.41. The van der Waals surface area contributed by atoms with Crippen LogP contribution in [0, 0.1) is 13.8 Å². The van der Waals surface area contributed by atoms with Crippen LogP contribution in [-0.4, -0.2) is 11.7 Å². The lowest BCUT2D eigenvalue weighted by molar-refractivity contribution is 0.224. The van der Waals surface area contributed by atoms with Crippen molar-refractivity contribution in [3.63, 3.8) is 0 Å². The Hall–Kier alpha value is -1.32. The molecule has 0 fully saturated rings. The molecule has 0 heterocycles. The normalized spacial score (nSPS) is 13.8. The fraction of sp³-hybridized carbons (Fsp3) is 0.294. The van der Waals surface area contributed by atoms with E-state index >= 15 is 0 Å². The predicted octanol–water partition coefficient (Wildman–Crippen LogP) is 4.39. The van der Waals surface area contributed by atoms with E-state index in [1.807, 2.05) is 31.2 Å². The van der Waals surface area contributed by atoms with Gasteiger partial charge < -0.3 is 10.4 Å². The predicted molar refractivity (Wildman–Crippen MR) is 88.1 cm³/mol. The van der Waals surface area contributed by atoms with Crippen LogP contribution in [0.2, 0.25) is 0 Å². The molecule has 3 heteroatoms. The molecule has 0 radical (unpaired) electrons. The topological polar surface area (TPSA) is 32.3 Å². The second-order valence-electron chi connectivity index (χ2n) is 5.47. The van der Waals surface area contributed by atoms with Crippen molar-refractivity contribution in [2.24, 2.45) is 0 Å². The molecule has 2 rings (SSSR count). The Bertz CT molecular complexity index is 591. The molecule has 2 aromatic rings. The summed E-state index contributed by atoms with van der Waals surface area (Å²) in [4.78, 5) is 0. The Morgan fingerprint density at radius 3 is 2.25 bits per heavy atom. The summed E-state index contributed by atoms with van der Waals surface area (Å²) in [6, 6.07) is 14.3. The number of hydrogen-bond acceptors (Lipinski definition) is 2. The zero-order valence-electron chi connectivity index (χ0n) is 12.1. The van der Waals surface area contributed by atoms with Crippen LogP contribution in [0.1, 0.15) is 23.6 Å². The van der Waals surface area contributed by atoms with E-state index in [4.69, 9.17) is 0 Å². The Labute approximate surface area is 129 Å². The monoisotopic (exact) mass is 333 g/mol. The van der Waals surface area contributed by atoms with E-state index in [-0.39, 0.29) is 6.61 Å². The SMILES string of the molecule is Cc1cc(C)cc(C(C)(CO)Nc2ccccc2Br)c1. The van der Waals surface area contributed by atoms with Crippen molar-refractivity contribution in [1.82, 2.24) is 0 Å². The first-order valence-electron chi connectivity index (χ1n) is 6.67. The van der Waals surface area contributed by atoms with Crippen molar-refractivity contribution < 1.29 is 5.11 Å². The third-order valence-corrected chi connectivity index (χ3v) is 4.15. The van der Waals surface area contributed by atoms with Gasteiger partial charge in [0.15, 0.2) is 0 Å². The van der Waals surface area contributed by atoms with Crippen LogP contribution in [0.5, 0.6) is 0 Å². The Kier molecular flexibility index (Phi) is 4.51. The van der Waals surface area contributed by atoms with Gasteiger partial charge in [0.05, 0.1) is 12.1 Å². The van der Waals surface area contributed by atoms with Crippen LogP contribution in [0.15, 0.2) is 46.9 Å². The lowest BCUT2D eigenvalue weighted by atomic mass is 9.90. The molecule has 0 aliphatic heterocycles. The minimum absolute atomic E-state index is 0.0250. The van der Waals surface area contributed by atoms with Gasteiger partial charge in [-0.25, -0.2) is 0 Å². The number of hydrogen-bond donors (Lipinski definition) is 2. The minimum atomic E-state index is -0.513. The molecule has 0 aromatic heterocycles. The molecule has 0 spiro atoms. The van der Waals surface area contributed by atoms with Gasteiger partial charge in [-0.05, 0) is 54.4 Å². The van der Waals surface area contributed by atoms with E-state index in [0.717, 1.165) is 15.7 Å². The van der Waals surface area contributed by atoms with Crippen LogP contribution in [0.25, 0.3) is 0 Å². The number of aryl methyl sites for hydroxylation is 2. The molecular formula is C17H20BrNO. The first kappa shape index (κ1) is 15.1. The number of benzene rings is 2. The standard InChI is InChI=1S/C17H20BrNO/c1-12-8-13(2)10-14(9-12)17(3,11-20)19-16-7-5-4-6-15(16)18/h4-10,19-20H,11H2,1-3H3. The maximum absolute atomic E-state index is 9.89. The first-order valence-corrected chi connectivity index (χ1v) is 7.46. The molecule has 2 aromatic carbocycles. The number of para-hydroxylation sites is 1. The van der Waals surface area contributed by atoms with Crippen LogP contribution in [-0.2, 0) is 5.54 Å². The number of nitrogens with one attached hydrogen (secondary N) is 1. The van der Waals surface area contributed by atoms with Gasteiger partial charge in [0.1, 0.15) is 0 Å². The van der Waals surface area contributed by atoms with Gasteiger partial charge in [0.2, 0.25) is 0 Å². The van der Waals surface area contributed by atoms with Gasteiger partial charge in [0, 0.05) is 10.2 Å². The second-order valence-corrected chi connectivity index (χ2v) is 6.33. The van der Waals surface area contributed by atoms with E-state index in [1.54, 1.807) is 0 Å². The van der Waals surface area contributed by atoms with E-state index in [9.17, 15) is 5.11 Å². The molecule has 106 valence electrons. The minimum Gasteiger partial charge on any atom is -0.394 e. The quantitative estimate of drug-likeness (QED) is 0.869. The van der Waals surface area contributed by atoms with Gasteiger partial charge in [-0.1, -0.05) is 41.5 Å². The molecule has 2 N–H and O–H groups in total. The average molecular weight is 334 g/mol. The van der Waals surface area contributed by atoms with Crippen molar-refractivity contribution in [3.8, 4) is 0 Å². The number of aliphatic hydroxyl groups is 1. The molecule has 20 heavy (non-hydrogen) atoms. The van der Waals surface area contributed by atoms with Crippen LogP contribution < -0.4 is 5.32 Å². The van der Waals surface area contributed by atoms with Gasteiger partial charge in [-0.3, -0.25) is 0 Å². The molecular weight excluding hydrogens is 314 g/mol. The summed E-state index contributed by atoms with van der Waals surface area (Å²) < 4.78 is 0.990. The van der Waals surface area contributed by atoms with E-state index in [1.165, 1.54) is 11.1 Å². The van der Waals surface area contributed by atoms with E-state index in [2.05, 4.69) is 53.3 Å². The lowest BCUT2D eigenvalue weighted by Crippen LogP contribution is -2.36. The molecule has 0 bridgehead atoms. The van der Waals surface area contributed by atoms with Crippen LogP contribution in [0.4, 0.5) is 5.69 Å². The molecule has 0 aliphatic carbocycles. The highest BCUT2D eigenvalue weighted by molar-refractivity contribution is 9.10. The smallest absolute Gasteiger partial charge is 0.0828 e. The molecule has 1 atom stereocenters. The summed E-state index contributed by atoms with van der Waals surface area (Å²) >= 11 is 3.54. The molecule has 0 aliphatic rings. The largest absolute Gasteiger partial charge is 0.394 e. The van der Waals surface area contributed by atoms with Gasteiger partial charge >= 0.3 is 0 Å². The third kappa shape index (κ3) is 3.22. The summed E-state index contributed by atoms with van der Waals surface area (Å²) in [6.07, 6.45) is 0. The van der Waals surface area contributed by atoms with Crippen LogP contribution in [0.3, 0.4) is 0 Å². The number of rotatable bonds is 4. The molecule has 0 amide bonds. The lowest BCUT2D eigenvalue weighted by Gasteiger charge is -2.31. The summed E-state index contributed by atoms with van der Waals surface area (Å²) in [7, 11) is 0. The highest BCUT2D eigenvalue weighted by Crippen LogP contribution is 2.31. The fourth-order valence-electron chi connectivity index (χ4n) is 2.36. The number of aliphatic hydroxyl groups excluding tert-OH is 1. The van der Waals surface area contributed by atoms with Gasteiger partial charge in [0.25, 0.3) is 0 Å². The highest BCUT2D eigenvalue weighted by Gasteiger charge is 2.26. The first-order chi connectivity index (χ1) is 9.44. The fourth-order valence-corrected chi connectivity index (χ4v) is 2.74. The zero-order valence-corrected chi connectivity index (χ0v) is 13.7. The van der Waals surface area contributed by atoms with Crippen molar-refractivity contribution in [1.29, 1.82) is 0 Å². The Morgan fingerprint density at radius 1 is 1.10 bits per heavy atom. The number of halogens is 1. The van der Waals surface area contributed by atoms with Crippen molar-refractivity contribution in [3.05, 3.63) is 63.6 Å². The molecule has 1 unspecified atom stereocenters. The number of anilines is 1. The van der Waals surface area contributed by atoms with Crippen LogP contribution >= 0.6 is 15.9 Å². The van der Waals surface area contributed by atoms with Crippen molar-refractivity contribution in [2.75, 3.05) is 11.9 Å². The molecule has 0 saturated heterocycles. The maximum atomic E-state index is 9.89. The summed E-state index contributed by atoms with van der Waals surface area (Å²) in [5.41, 5.74) is 3.96. The second kappa shape index (κ2) is 5.98.